The van der Waals surface area contributed by atoms with Gasteiger partial charge in [-0.1, -0.05) is 36.4 Å². The molecular weight excluding hydrogens is 288 g/mol. The molecule has 0 bridgehead atoms. The van der Waals surface area contributed by atoms with Crippen molar-refractivity contribution in [2.75, 3.05) is 13.2 Å². The van der Waals surface area contributed by atoms with E-state index in [-0.39, 0.29) is 23.9 Å². The molecular formula is C16H19ClN2O2. The highest BCUT2D eigenvalue weighted by molar-refractivity contribution is 6.24. The van der Waals surface area contributed by atoms with Crippen molar-refractivity contribution in [2.24, 2.45) is 5.73 Å². The Bertz CT molecular complexity index is 555. The lowest BCUT2D eigenvalue weighted by Gasteiger charge is -2.19. The standard InChI is InChI=1S/C16H19ClN2O2/c1-2-21-14(20)10-19-13-9-8-12(17)15(13)16(18)11-6-4-3-5-7-11/h3-9,12,16,19H,2,10,18H2,1H3. The zero-order chi connectivity index (χ0) is 15.2. The van der Waals surface area contributed by atoms with Crippen LogP contribution in [0.1, 0.15) is 18.5 Å². The maximum Gasteiger partial charge on any atom is 0.325 e. The topological polar surface area (TPSA) is 64.3 Å². The van der Waals surface area contributed by atoms with Crippen molar-refractivity contribution in [2.45, 2.75) is 18.3 Å². The predicted octanol–water partition coefficient (Wildman–Crippen LogP) is 2.27. The number of halogens is 1. The molecule has 112 valence electrons. The molecule has 0 aliphatic heterocycles. The van der Waals surface area contributed by atoms with E-state index < -0.39 is 0 Å². The minimum Gasteiger partial charge on any atom is -0.465 e. The van der Waals surface area contributed by atoms with Crippen LogP contribution in [0.2, 0.25) is 0 Å². The fourth-order valence-corrected chi connectivity index (χ4v) is 2.57. The quantitative estimate of drug-likeness (QED) is 0.625. The van der Waals surface area contributed by atoms with Crippen LogP contribution in [-0.2, 0) is 9.53 Å². The largest absolute Gasteiger partial charge is 0.465 e. The lowest BCUT2D eigenvalue weighted by molar-refractivity contribution is -0.141. The molecule has 2 rings (SSSR count). The van der Waals surface area contributed by atoms with E-state index >= 15 is 0 Å². The number of esters is 1. The van der Waals surface area contributed by atoms with Crippen molar-refractivity contribution >= 4 is 17.6 Å². The average Bonchev–Trinajstić information content (AvgIpc) is 2.86. The van der Waals surface area contributed by atoms with Gasteiger partial charge in [-0.05, 0) is 24.1 Å². The molecule has 5 heteroatoms. The van der Waals surface area contributed by atoms with Gasteiger partial charge in [0.1, 0.15) is 6.54 Å². The lowest BCUT2D eigenvalue weighted by atomic mass is 9.97. The second-order valence-corrected chi connectivity index (χ2v) is 5.15. The molecule has 0 radical (unpaired) electrons. The first-order chi connectivity index (χ1) is 10.1. The summed E-state index contributed by atoms with van der Waals surface area (Å²) in [6, 6.07) is 9.43. The van der Waals surface area contributed by atoms with E-state index in [2.05, 4.69) is 5.32 Å². The van der Waals surface area contributed by atoms with Crippen LogP contribution < -0.4 is 11.1 Å². The van der Waals surface area contributed by atoms with Gasteiger partial charge < -0.3 is 15.8 Å². The first kappa shape index (κ1) is 15.6. The Hall–Kier alpha value is -1.78. The van der Waals surface area contributed by atoms with Gasteiger partial charge in [0.2, 0.25) is 0 Å². The number of nitrogens with one attached hydrogen (secondary N) is 1. The van der Waals surface area contributed by atoms with Crippen molar-refractivity contribution in [1.82, 2.24) is 5.32 Å². The van der Waals surface area contributed by atoms with Crippen LogP contribution in [0, 0.1) is 0 Å². The molecule has 0 saturated carbocycles. The summed E-state index contributed by atoms with van der Waals surface area (Å²) in [6.45, 7) is 2.24. The molecule has 0 spiro atoms. The third kappa shape index (κ3) is 3.86. The molecule has 1 aliphatic rings. The summed E-state index contributed by atoms with van der Waals surface area (Å²) in [5.74, 6) is -0.302. The summed E-state index contributed by atoms with van der Waals surface area (Å²) >= 11 is 6.31. The van der Waals surface area contributed by atoms with Crippen LogP contribution in [-0.4, -0.2) is 24.5 Å². The molecule has 2 atom stereocenters. The first-order valence-corrected chi connectivity index (χ1v) is 7.33. The smallest absolute Gasteiger partial charge is 0.325 e. The van der Waals surface area contributed by atoms with E-state index in [1.165, 1.54) is 0 Å². The molecule has 1 aliphatic carbocycles. The highest BCUT2D eigenvalue weighted by atomic mass is 35.5. The molecule has 1 aromatic carbocycles. The molecule has 1 aromatic rings. The Morgan fingerprint density at radius 1 is 1.43 bits per heavy atom. The second-order valence-electron chi connectivity index (χ2n) is 4.68. The molecule has 0 aromatic heterocycles. The zero-order valence-corrected chi connectivity index (χ0v) is 12.6. The third-order valence-electron chi connectivity index (χ3n) is 3.26. The van der Waals surface area contributed by atoms with E-state index in [9.17, 15) is 4.79 Å². The van der Waals surface area contributed by atoms with E-state index in [1.807, 2.05) is 42.5 Å². The summed E-state index contributed by atoms with van der Waals surface area (Å²) in [5, 5.41) is 2.78. The molecule has 0 heterocycles. The number of ether oxygens (including phenoxy) is 1. The van der Waals surface area contributed by atoms with Crippen LogP contribution in [0.25, 0.3) is 0 Å². The van der Waals surface area contributed by atoms with Crippen LogP contribution in [0.4, 0.5) is 0 Å². The highest BCUT2D eigenvalue weighted by Gasteiger charge is 2.25. The van der Waals surface area contributed by atoms with E-state index in [0.717, 1.165) is 16.8 Å². The molecule has 2 unspecified atom stereocenters. The second kappa shape index (κ2) is 7.29. The molecule has 0 amide bonds. The van der Waals surface area contributed by atoms with Gasteiger partial charge in [0.05, 0.1) is 18.0 Å². The monoisotopic (exact) mass is 306 g/mol. The number of carbonyl (C=O) groups is 1. The summed E-state index contributed by atoms with van der Waals surface area (Å²) in [5.41, 5.74) is 8.95. The van der Waals surface area contributed by atoms with Gasteiger partial charge in [-0.25, -0.2) is 0 Å². The maximum atomic E-state index is 11.4. The van der Waals surface area contributed by atoms with Gasteiger partial charge in [0, 0.05) is 5.70 Å². The van der Waals surface area contributed by atoms with E-state index in [4.69, 9.17) is 22.1 Å². The Labute approximate surface area is 129 Å². The number of hydrogen-bond acceptors (Lipinski definition) is 4. The van der Waals surface area contributed by atoms with Crippen molar-refractivity contribution in [1.29, 1.82) is 0 Å². The molecule has 4 nitrogen and oxygen atoms in total. The van der Waals surface area contributed by atoms with Crippen molar-refractivity contribution in [3.05, 3.63) is 59.3 Å². The predicted molar refractivity (Wildman–Crippen MR) is 83.8 cm³/mol. The fourth-order valence-electron chi connectivity index (χ4n) is 2.25. The lowest BCUT2D eigenvalue weighted by Crippen LogP contribution is -2.27. The minimum absolute atomic E-state index is 0.0993. The number of benzene rings is 1. The van der Waals surface area contributed by atoms with Crippen molar-refractivity contribution in [3.8, 4) is 0 Å². The molecule has 3 N–H and O–H groups in total. The highest BCUT2D eigenvalue weighted by Crippen LogP contribution is 2.32. The normalized spacial score (nSPS) is 18.7. The van der Waals surface area contributed by atoms with Crippen LogP contribution in [0.3, 0.4) is 0 Å². The summed E-state index contributed by atoms with van der Waals surface area (Å²) in [4.78, 5) is 11.4. The maximum absolute atomic E-state index is 11.4. The Morgan fingerprint density at radius 3 is 2.81 bits per heavy atom. The van der Waals surface area contributed by atoms with Gasteiger partial charge in [-0.2, -0.15) is 0 Å². The van der Waals surface area contributed by atoms with Gasteiger partial charge in [-0.15, -0.1) is 11.6 Å². The number of hydrogen-bond donors (Lipinski definition) is 2. The van der Waals surface area contributed by atoms with Gasteiger partial charge in [-0.3, -0.25) is 4.79 Å². The third-order valence-corrected chi connectivity index (χ3v) is 3.64. The minimum atomic E-state index is -0.312. The Balaban J connectivity index is 2.13. The number of carbonyl (C=O) groups excluding carboxylic acids is 1. The van der Waals surface area contributed by atoms with E-state index in [0.29, 0.717) is 6.61 Å². The van der Waals surface area contributed by atoms with Crippen LogP contribution >= 0.6 is 11.6 Å². The first-order valence-electron chi connectivity index (χ1n) is 6.89. The summed E-state index contributed by atoms with van der Waals surface area (Å²) in [7, 11) is 0. The van der Waals surface area contributed by atoms with Crippen molar-refractivity contribution in [3.63, 3.8) is 0 Å². The number of alkyl halides is 1. The summed E-state index contributed by atoms with van der Waals surface area (Å²) < 4.78 is 4.90. The number of nitrogens with two attached hydrogens (primary N) is 1. The molecule has 0 saturated heterocycles. The van der Waals surface area contributed by atoms with Crippen LogP contribution in [0.15, 0.2) is 53.8 Å². The molecule has 21 heavy (non-hydrogen) atoms. The Morgan fingerprint density at radius 2 is 2.14 bits per heavy atom. The number of rotatable bonds is 6. The van der Waals surface area contributed by atoms with Gasteiger partial charge in [0.25, 0.3) is 0 Å². The van der Waals surface area contributed by atoms with Crippen molar-refractivity contribution < 1.29 is 9.53 Å². The average molecular weight is 307 g/mol. The summed E-state index contributed by atoms with van der Waals surface area (Å²) in [6.07, 6.45) is 3.71. The zero-order valence-electron chi connectivity index (χ0n) is 11.9. The fraction of sp³-hybridized carbons (Fsp3) is 0.312. The van der Waals surface area contributed by atoms with Gasteiger partial charge >= 0.3 is 5.97 Å². The Kier molecular flexibility index (Phi) is 5.42. The van der Waals surface area contributed by atoms with E-state index in [1.54, 1.807) is 6.92 Å². The SMILES string of the molecule is CCOC(=O)CNC1=C(C(N)c2ccccc2)C(Cl)C=C1. The van der Waals surface area contributed by atoms with Crippen LogP contribution in [0.5, 0.6) is 0 Å². The number of allylic oxidation sites excluding steroid dienone is 2. The molecule has 0 fully saturated rings. The van der Waals surface area contributed by atoms with Gasteiger partial charge in [0.15, 0.2) is 0 Å².